The molecule has 0 unspecified atom stereocenters. The Kier molecular flexibility index (Phi) is 5.15. The van der Waals surface area contributed by atoms with Crippen LogP contribution in [0.15, 0.2) is 18.2 Å². The highest BCUT2D eigenvalue weighted by molar-refractivity contribution is 5.97. The summed E-state index contributed by atoms with van der Waals surface area (Å²) in [7, 11) is 0. The molecule has 4 heteroatoms. The average Bonchev–Trinajstić information content (AvgIpc) is 2.29. The van der Waals surface area contributed by atoms with Crippen LogP contribution in [0.25, 0.3) is 0 Å². The van der Waals surface area contributed by atoms with Crippen LogP contribution in [0.4, 0.5) is 4.39 Å². The van der Waals surface area contributed by atoms with E-state index in [1.807, 2.05) is 6.92 Å². The van der Waals surface area contributed by atoms with E-state index in [9.17, 15) is 9.18 Å². The van der Waals surface area contributed by atoms with Gasteiger partial charge in [-0.15, -0.1) is 0 Å². The first-order valence-electron chi connectivity index (χ1n) is 5.51. The maximum absolute atomic E-state index is 13.5. The van der Waals surface area contributed by atoms with Crippen molar-refractivity contribution in [2.45, 2.75) is 26.2 Å². The Morgan fingerprint density at radius 2 is 2.29 bits per heavy atom. The van der Waals surface area contributed by atoms with Crippen LogP contribution in [0.2, 0.25) is 0 Å². The molecule has 0 fully saturated rings. The molecule has 0 amide bonds. The Morgan fingerprint density at radius 3 is 2.88 bits per heavy atom. The van der Waals surface area contributed by atoms with Crippen molar-refractivity contribution in [1.82, 2.24) is 0 Å². The first-order chi connectivity index (χ1) is 8.19. The quantitative estimate of drug-likeness (QED) is 0.562. The highest BCUT2D eigenvalue weighted by Crippen LogP contribution is 2.18. The summed E-state index contributed by atoms with van der Waals surface area (Å²) in [6.07, 6.45) is 1.59. The summed E-state index contributed by atoms with van der Waals surface area (Å²) in [5.41, 5.74) is -0.0607. The molecule has 0 radical (unpaired) electrons. The van der Waals surface area contributed by atoms with Crippen molar-refractivity contribution in [3.8, 4) is 11.8 Å². The van der Waals surface area contributed by atoms with Crippen LogP contribution in [0, 0.1) is 17.1 Å². The summed E-state index contributed by atoms with van der Waals surface area (Å²) in [6.45, 7) is 2.56. The van der Waals surface area contributed by atoms with Gasteiger partial charge in [0.25, 0.3) is 0 Å². The Balaban J connectivity index is 2.73. The predicted octanol–water partition coefficient (Wildman–Crippen LogP) is 3.10. The fourth-order valence-electron chi connectivity index (χ4n) is 1.31. The Hall–Kier alpha value is -1.89. The number of Topliss-reactive ketones (excluding diaryl/α,β-unsaturated/α-hetero) is 1. The van der Waals surface area contributed by atoms with Gasteiger partial charge in [0.2, 0.25) is 0 Å². The largest absolute Gasteiger partial charge is 0.493 e. The summed E-state index contributed by atoms with van der Waals surface area (Å²) in [5.74, 6) is -0.742. The van der Waals surface area contributed by atoms with Crippen LogP contribution in [-0.2, 0) is 0 Å². The molecule has 0 aromatic heterocycles. The maximum Gasteiger partial charge on any atom is 0.179 e. The van der Waals surface area contributed by atoms with Gasteiger partial charge in [-0.1, -0.05) is 13.3 Å². The Labute approximate surface area is 99.8 Å². The molecule has 0 saturated heterocycles. The summed E-state index contributed by atoms with van der Waals surface area (Å²) < 4.78 is 18.8. The lowest BCUT2D eigenvalue weighted by molar-refractivity contribution is 0.0994. The number of hydrogen-bond donors (Lipinski definition) is 0. The van der Waals surface area contributed by atoms with Gasteiger partial charge in [0.05, 0.1) is 24.7 Å². The maximum atomic E-state index is 13.5. The first-order valence-corrected chi connectivity index (χ1v) is 5.51. The minimum absolute atomic E-state index is 0.0607. The number of nitrogens with zero attached hydrogens (tertiary/aromatic N) is 1. The molecule has 0 aliphatic carbocycles. The second-order valence-electron chi connectivity index (χ2n) is 3.60. The molecule has 0 bridgehead atoms. The minimum Gasteiger partial charge on any atom is -0.493 e. The minimum atomic E-state index is -0.640. The van der Waals surface area contributed by atoms with Crippen LogP contribution >= 0.6 is 0 Å². The zero-order valence-electron chi connectivity index (χ0n) is 9.70. The number of carbonyl (C=O) groups is 1. The number of carbonyl (C=O) groups excluding carboxylic acids is 1. The van der Waals surface area contributed by atoms with Crippen molar-refractivity contribution in [2.75, 3.05) is 6.61 Å². The van der Waals surface area contributed by atoms with E-state index in [-0.39, 0.29) is 12.0 Å². The van der Waals surface area contributed by atoms with E-state index >= 15 is 0 Å². The van der Waals surface area contributed by atoms with Gasteiger partial charge in [0.15, 0.2) is 5.78 Å². The van der Waals surface area contributed by atoms with Crippen molar-refractivity contribution in [3.63, 3.8) is 0 Å². The molecule has 1 aromatic carbocycles. The fraction of sp³-hybridized carbons (Fsp3) is 0.385. The fourth-order valence-corrected chi connectivity index (χ4v) is 1.31. The average molecular weight is 235 g/mol. The van der Waals surface area contributed by atoms with E-state index in [0.29, 0.717) is 12.4 Å². The Morgan fingerprint density at radius 1 is 1.53 bits per heavy atom. The van der Waals surface area contributed by atoms with Crippen molar-refractivity contribution >= 4 is 5.78 Å². The Bertz CT molecular complexity index is 438. The van der Waals surface area contributed by atoms with Crippen molar-refractivity contribution < 1.29 is 13.9 Å². The molecule has 0 saturated carbocycles. The van der Waals surface area contributed by atoms with E-state index in [1.165, 1.54) is 12.1 Å². The predicted molar refractivity (Wildman–Crippen MR) is 61.4 cm³/mol. The van der Waals surface area contributed by atoms with Gasteiger partial charge in [-0.2, -0.15) is 5.26 Å². The van der Waals surface area contributed by atoms with E-state index in [4.69, 9.17) is 10.00 Å². The molecule has 0 aliphatic rings. The smallest absolute Gasteiger partial charge is 0.179 e. The van der Waals surface area contributed by atoms with Crippen molar-refractivity contribution in [1.29, 1.82) is 5.26 Å². The number of halogens is 1. The normalized spacial score (nSPS) is 9.71. The highest BCUT2D eigenvalue weighted by atomic mass is 19.1. The van der Waals surface area contributed by atoms with E-state index < -0.39 is 11.6 Å². The van der Waals surface area contributed by atoms with E-state index in [0.717, 1.165) is 12.8 Å². The summed E-state index contributed by atoms with van der Waals surface area (Å²) in [4.78, 5) is 11.3. The van der Waals surface area contributed by atoms with Gasteiger partial charge in [-0.3, -0.25) is 4.79 Å². The highest BCUT2D eigenvalue weighted by Gasteiger charge is 2.12. The topological polar surface area (TPSA) is 50.1 Å². The van der Waals surface area contributed by atoms with Crippen LogP contribution < -0.4 is 4.74 Å². The van der Waals surface area contributed by atoms with Crippen molar-refractivity contribution in [2.24, 2.45) is 0 Å². The van der Waals surface area contributed by atoms with Gasteiger partial charge in [0.1, 0.15) is 11.6 Å². The molecule has 17 heavy (non-hydrogen) atoms. The van der Waals surface area contributed by atoms with Gasteiger partial charge in [-0.25, -0.2) is 4.39 Å². The number of unbranched alkanes of at least 4 members (excludes halogenated alkanes) is 1. The molecular weight excluding hydrogens is 221 g/mol. The standard InChI is InChI=1S/C13H14FNO2/c1-2-3-8-17-10-4-5-11(12(14)9-10)13(16)6-7-15/h4-5,9H,2-3,6,8H2,1H3. The van der Waals surface area contributed by atoms with Crippen LogP contribution in [0.3, 0.4) is 0 Å². The molecule has 0 atom stereocenters. The number of benzene rings is 1. The molecule has 0 aliphatic heterocycles. The molecule has 0 spiro atoms. The zero-order chi connectivity index (χ0) is 12.7. The second-order valence-corrected chi connectivity index (χ2v) is 3.60. The lowest BCUT2D eigenvalue weighted by Gasteiger charge is -2.06. The summed E-state index contributed by atoms with van der Waals surface area (Å²) >= 11 is 0. The van der Waals surface area contributed by atoms with Crippen LogP contribution in [0.5, 0.6) is 5.75 Å². The lowest BCUT2D eigenvalue weighted by Crippen LogP contribution is -2.03. The summed E-state index contributed by atoms with van der Waals surface area (Å²) in [5, 5.41) is 8.37. The zero-order valence-corrected chi connectivity index (χ0v) is 9.70. The third kappa shape index (κ3) is 3.87. The van der Waals surface area contributed by atoms with Gasteiger partial charge in [-0.05, 0) is 18.6 Å². The third-order valence-corrected chi connectivity index (χ3v) is 2.25. The summed E-state index contributed by atoms with van der Waals surface area (Å²) in [6, 6.07) is 5.79. The monoisotopic (exact) mass is 235 g/mol. The molecule has 1 aromatic rings. The molecule has 0 N–H and O–H groups in total. The molecule has 0 heterocycles. The number of nitriles is 1. The molecule has 1 rings (SSSR count). The van der Waals surface area contributed by atoms with Gasteiger partial charge < -0.3 is 4.74 Å². The van der Waals surface area contributed by atoms with Gasteiger partial charge in [0, 0.05) is 6.07 Å². The van der Waals surface area contributed by atoms with Crippen LogP contribution in [0.1, 0.15) is 36.5 Å². The van der Waals surface area contributed by atoms with Crippen LogP contribution in [-0.4, -0.2) is 12.4 Å². The molecule has 90 valence electrons. The van der Waals surface area contributed by atoms with E-state index in [2.05, 4.69) is 0 Å². The van der Waals surface area contributed by atoms with E-state index in [1.54, 1.807) is 12.1 Å². The second kappa shape index (κ2) is 6.64. The van der Waals surface area contributed by atoms with Crippen molar-refractivity contribution in [3.05, 3.63) is 29.6 Å². The number of rotatable bonds is 6. The third-order valence-electron chi connectivity index (χ3n) is 2.25. The van der Waals surface area contributed by atoms with Gasteiger partial charge >= 0.3 is 0 Å². The number of ether oxygens (including phenoxy) is 1. The SMILES string of the molecule is CCCCOc1ccc(C(=O)CC#N)c(F)c1. The first kappa shape index (κ1) is 13.2. The lowest BCUT2D eigenvalue weighted by atomic mass is 10.1. The number of ketones is 1. The molecular formula is C13H14FNO2. The molecule has 3 nitrogen and oxygen atoms in total. The number of hydrogen-bond acceptors (Lipinski definition) is 3.